The maximum atomic E-state index is 13.0. The number of hydrogen-bond acceptors (Lipinski definition) is 2. The topological polar surface area (TPSA) is 9.23 Å². The fourth-order valence-corrected chi connectivity index (χ4v) is 2.68. The Morgan fingerprint density at radius 3 is 2.47 bits per heavy atom. The second kappa shape index (κ2) is 5.25. The first-order chi connectivity index (χ1) is 8.15. The minimum atomic E-state index is -0.867. The number of halogens is 2. The number of benzene rings is 1. The predicted octanol–water partition coefficient (Wildman–Crippen LogP) is 3.83. The molecule has 0 heterocycles. The van der Waals surface area contributed by atoms with Gasteiger partial charge in [-0.15, -0.1) is 0 Å². The summed E-state index contributed by atoms with van der Waals surface area (Å²) in [6, 6.07) is 3.64. The molecular formula is C13H16F2OS. The molecule has 0 atom stereocenters. The van der Waals surface area contributed by atoms with Crippen LogP contribution in [0.15, 0.2) is 18.2 Å². The van der Waals surface area contributed by atoms with Crippen LogP contribution in [-0.2, 0) is 0 Å². The Balaban J connectivity index is 1.99. The molecule has 17 heavy (non-hydrogen) atoms. The van der Waals surface area contributed by atoms with Gasteiger partial charge in [-0.05, 0) is 30.7 Å². The van der Waals surface area contributed by atoms with E-state index in [2.05, 4.69) is 12.6 Å². The third-order valence-corrected chi connectivity index (χ3v) is 4.11. The zero-order chi connectivity index (χ0) is 12.3. The van der Waals surface area contributed by atoms with E-state index < -0.39 is 11.6 Å². The molecule has 2 rings (SSSR count). The van der Waals surface area contributed by atoms with E-state index in [-0.39, 0.29) is 5.41 Å². The molecule has 1 aliphatic carbocycles. The lowest BCUT2D eigenvalue weighted by atomic mass is 9.90. The van der Waals surface area contributed by atoms with Gasteiger partial charge in [0.25, 0.3) is 0 Å². The molecule has 1 fully saturated rings. The molecule has 1 nitrogen and oxygen atoms in total. The number of rotatable bonds is 4. The molecule has 1 aromatic rings. The van der Waals surface area contributed by atoms with Crippen molar-refractivity contribution in [3.8, 4) is 5.75 Å². The van der Waals surface area contributed by atoms with Crippen molar-refractivity contribution in [1.29, 1.82) is 0 Å². The maximum Gasteiger partial charge on any atom is 0.162 e. The van der Waals surface area contributed by atoms with E-state index in [4.69, 9.17) is 4.74 Å². The molecular weight excluding hydrogens is 242 g/mol. The van der Waals surface area contributed by atoms with E-state index in [1.54, 1.807) is 0 Å². The summed E-state index contributed by atoms with van der Waals surface area (Å²) in [5.74, 6) is -0.552. The van der Waals surface area contributed by atoms with Crippen molar-refractivity contribution in [2.75, 3.05) is 12.4 Å². The Hall–Kier alpha value is -0.770. The van der Waals surface area contributed by atoms with Crippen molar-refractivity contribution in [2.45, 2.75) is 25.7 Å². The minimum Gasteiger partial charge on any atom is -0.493 e. The summed E-state index contributed by atoms with van der Waals surface area (Å²) in [5, 5.41) is 0. The van der Waals surface area contributed by atoms with Gasteiger partial charge in [0.15, 0.2) is 11.6 Å². The molecule has 0 aromatic heterocycles. The van der Waals surface area contributed by atoms with Gasteiger partial charge in [0.05, 0.1) is 6.61 Å². The van der Waals surface area contributed by atoms with Crippen LogP contribution in [0.5, 0.6) is 5.75 Å². The number of ether oxygens (including phenoxy) is 1. The monoisotopic (exact) mass is 258 g/mol. The fraction of sp³-hybridized carbons (Fsp3) is 0.538. The van der Waals surface area contributed by atoms with Crippen molar-refractivity contribution < 1.29 is 13.5 Å². The zero-order valence-corrected chi connectivity index (χ0v) is 10.5. The Morgan fingerprint density at radius 1 is 1.18 bits per heavy atom. The summed E-state index contributed by atoms with van der Waals surface area (Å²) in [4.78, 5) is 0. The second-order valence-corrected chi connectivity index (χ2v) is 5.05. The molecule has 1 aliphatic rings. The average molecular weight is 258 g/mol. The summed E-state index contributed by atoms with van der Waals surface area (Å²) < 4.78 is 31.3. The van der Waals surface area contributed by atoms with Gasteiger partial charge in [-0.25, -0.2) is 8.78 Å². The van der Waals surface area contributed by atoms with E-state index >= 15 is 0 Å². The van der Waals surface area contributed by atoms with Crippen LogP contribution in [0.2, 0.25) is 0 Å². The standard InChI is InChI=1S/C13H16F2OS/c14-11-4-3-10(7-12(11)15)16-8-13(9-17)5-1-2-6-13/h3-4,7,17H,1-2,5-6,8-9H2. The molecule has 0 N–H and O–H groups in total. The van der Waals surface area contributed by atoms with Gasteiger partial charge in [-0.1, -0.05) is 12.8 Å². The van der Waals surface area contributed by atoms with Crippen molar-refractivity contribution in [1.82, 2.24) is 0 Å². The molecule has 94 valence electrons. The third kappa shape index (κ3) is 2.92. The van der Waals surface area contributed by atoms with Crippen LogP contribution < -0.4 is 4.74 Å². The molecule has 1 saturated carbocycles. The number of thiol groups is 1. The van der Waals surface area contributed by atoms with E-state index in [9.17, 15) is 8.78 Å². The summed E-state index contributed by atoms with van der Waals surface area (Å²) >= 11 is 4.37. The van der Waals surface area contributed by atoms with Crippen molar-refractivity contribution >= 4 is 12.6 Å². The summed E-state index contributed by atoms with van der Waals surface area (Å²) in [7, 11) is 0. The lowest BCUT2D eigenvalue weighted by Gasteiger charge is -2.26. The Morgan fingerprint density at radius 2 is 1.88 bits per heavy atom. The van der Waals surface area contributed by atoms with Gasteiger partial charge in [0, 0.05) is 11.5 Å². The van der Waals surface area contributed by atoms with E-state index in [0.717, 1.165) is 30.7 Å². The Kier molecular flexibility index (Phi) is 3.92. The Bertz CT molecular complexity index is 389. The summed E-state index contributed by atoms with van der Waals surface area (Å²) in [6.07, 6.45) is 4.59. The van der Waals surface area contributed by atoms with Crippen LogP contribution in [-0.4, -0.2) is 12.4 Å². The van der Waals surface area contributed by atoms with Gasteiger partial charge < -0.3 is 4.74 Å². The first-order valence-corrected chi connectivity index (χ1v) is 6.47. The van der Waals surface area contributed by atoms with Crippen LogP contribution in [0.25, 0.3) is 0 Å². The molecule has 0 saturated heterocycles. The molecule has 0 spiro atoms. The SMILES string of the molecule is Fc1ccc(OCC2(CS)CCCC2)cc1F. The van der Waals surface area contributed by atoms with Crippen molar-refractivity contribution in [3.05, 3.63) is 29.8 Å². The van der Waals surface area contributed by atoms with Crippen LogP contribution in [0.4, 0.5) is 8.78 Å². The second-order valence-electron chi connectivity index (χ2n) is 4.73. The van der Waals surface area contributed by atoms with Crippen LogP contribution >= 0.6 is 12.6 Å². The highest BCUT2D eigenvalue weighted by atomic mass is 32.1. The normalized spacial score (nSPS) is 18.3. The quantitative estimate of drug-likeness (QED) is 0.807. The molecule has 0 amide bonds. The predicted molar refractivity (Wildman–Crippen MR) is 66.6 cm³/mol. The van der Waals surface area contributed by atoms with Crippen LogP contribution in [0, 0.1) is 17.0 Å². The highest BCUT2D eigenvalue weighted by Crippen LogP contribution is 2.39. The number of hydrogen-bond donors (Lipinski definition) is 1. The van der Waals surface area contributed by atoms with Gasteiger partial charge in [-0.2, -0.15) is 12.6 Å². The largest absolute Gasteiger partial charge is 0.493 e. The maximum absolute atomic E-state index is 13.0. The van der Waals surface area contributed by atoms with Gasteiger partial charge in [0.2, 0.25) is 0 Å². The smallest absolute Gasteiger partial charge is 0.162 e. The lowest BCUT2D eigenvalue weighted by molar-refractivity contribution is 0.172. The van der Waals surface area contributed by atoms with Gasteiger partial charge in [-0.3, -0.25) is 0 Å². The van der Waals surface area contributed by atoms with Crippen LogP contribution in [0.1, 0.15) is 25.7 Å². The molecule has 0 aliphatic heterocycles. The van der Waals surface area contributed by atoms with Crippen molar-refractivity contribution in [3.63, 3.8) is 0 Å². The highest BCUT2D eigenvalue weighted by molar-refractivity contribution is 7.80. The highest BCUT2D eigenvalue weighted by Gasteiger charge is 2.33. The minimum absolute atomic E-state index is 0.105. The molecule has 0 unspecified atom stereocenters. The van der Waals surface area contributed by atoms with Gasteiger partial charge >= 0.3 is 0 Å². The van der Waals surface area contributed by atoms with Crippen LogP contribution in [0.3, 0.4) is 0 Å². The van der Waals surface area contributed by atoms with E-state index in [1.165, 1.54) is 18.9 Å². The van der Waals surface area contributed by atoms with Crippen molar-refractivity contribution in [2.24, 2.45) is 5.41 Å². The van der Waals surface area contributed by atoms with Gasteiger partial charge in [0.1, 0.15) is 5.75 Å². The molecule has 1 aromatic carbocycles. The average Bonchev–Trinajstić information content (AvgIpc) is 2.80. The zero-order valence-electron chi connectivity index (χ0n) is 9.59. The molecule has 0 radical (unpaired) electrons. The summed E-state index contributed by atoms with van der Waals surface area (Å²) in [5.41, 5.74) is 0.105. The van der Waals surface area contributed by atoms with E-state index in [1.807, 2.05) is 0 Å². The fourth-order valence-electron chi connectivity index (χ4n) is 2.28. The molecule has 4 heteroatoms. The lowest BCUT2D eigenvalue weighted by Crippen LogP contribution is -2.27. The summed E-state index contributed by atoms with van der Waals surface area (Å²) in [6.45, 7) is 0.529. The van der Waals surface area contributed by atoms with E-state index in [0.29, 0.717) is 12.4 Å². The molecule has 0 bridgehead atoms. The first-order valence-electron chi connectivity index (χ1n) is 5.84. The first kappa shape index (κ1) is 12.7. The third-order valence-electron chi connectivity index (χ3n) is 3.44. The Labute approximate surface area is 106 Å².